The van der Waals surface area contributed by atoms with Crippen molar-refractivity contribution in [3.63, 3.8) is 0 Å². The first kappa shape index (κ1) is 14.9. The molecule has 1 heterocycles. The molecule has 1 fully saturated rings. The number of aliphatic hydroxyl groups is 1. The highest BCUT2D eigenvalue weighted by atomic mass is 16.3. The molecule has 0 bridgehead atoms. The Hall–Kier alpha value is -0.120. The fourth-order valence-corrected chi connectivity index (χ4v) is 2.59. The standard InChI is InChI=1S/C14H30N2O/c1-12(2)13-6-9-16(10-13)8-5-7-14(3,11-17)15-4/h12-13,15,17H,5-11H2,1-4H3. The maximum atomic E-state index is 9.32. The number of hydrogen-bond donors (Lipinski definition) is 2. The van der Waals surface area contributed by atoms with Gasteiger partial charge in [0.05, 0.1) is 6.61 Å². The van der Waals surface area contributed by atoms with E-state index in [0.717, 1.165) is 18.3 Å². The fraction of sp³-hybridized carbons (Fsp3) is 1.00. The SMILES string of the molecule is CNC(C)(CO)CCCN1CCC(C(C)C)C1. The highest BCUT2D eigenvalue weighted by Gasteiger charge is 2.25. The van der Waals surface area contributed by atoms with E-state index in [-0.39, 0.29) is 12.1 Å². The summed E-state index contributed by atoms with van der Waals surface area (Å²) in [5, 5.41) is 12.5. The van der Waals surface area contributed by atoms with Crippen molar-refractivity contribution in [2.24, 2.45) is 11.8 Å². The van der Waals surface area contributed by atoms with Gasteiger partial charge in [0.25, 0.3) is 0 Å². The zero-order chi connectivity index (χ0) is 12.9. The average molecular weight is 242 g/mol. The normalized spacial score (nSPS) is 25.4. The lowest BCUT2D eigenvalue weighted by molar-refractivity contribution is 0.165. The lowest BCUT2D eigenvalue weighted by Crippen LogP contribution is -2.43. The minimum atomic E-state index is -0.100. The molecule has 102 valence electrons. The van der Waals surface area contributed by atoms with E-state index in [1.165, 1.54) is 32.5 Å². The third kappa shape index (κ3) is 4.57. The van der Waals surface area contributed by atoms with E-state index in [1.54, 1.807) is 0 Å². The van der Waals surface area contributed by atoms with E-state index < -0.39 is 0 Å². The van der Waals surface area contributed by atoms with Gasteiger partial charge in [-0.05, 0) is 58.2 Å². The molecule has 0 saturated carbocycles. The summed E-state index contributed by atoms with van der Waals surface area (Å²) in [6, 6.07) is 0. The Morgan fingerprint density at radius 1 is 1.47 bits per heavy atom. The molecule has 0 aliphatic carbocycles. The van der Waals surface area contributed by atoms with Crippen LogP contribution >= 0.6 is 0 Å². The van der Waals surface area contributed by atoms with Crippen LogP contribution in [0, 0.1) is 11.8 Å². The van der Waals surface area contributed by atoms with Crippen LogP contribution < -0.4 is 5.32 Å². The Kier molecular flexibility index (Phi) is 5.90. The van der Waals surface area contributed by atoms with Crippen LogP contribution in [0.5, 0.6) is 0 Å². The molecule has 2 unspecified atom stereocenters. The minimum absolute atomic E-state index is 0.100. The quantitative estimate of drug-likeness (QED) is 0.713. The topological polar surface area (TPSA) is 35.5 Å². The Morgan fingerprint density at radius 2 is 2.18 bits per heavy atom. The van der Waals surface area contributed by atoms with Gasteiger partial charge in [0.15, 0.2) is 0 Å². The van der Waals surface area contributed by atoms with E-state index in [2.05, 4.69) is 31.0 Å². The average Bonchev–Trinajstić information content (AvgIpc) is 2.78. The number of rotatable bonds is 7. The summed E-state index contributed by atoms with van der Waals surface area (Å²) in [7, 11) is 1.93. The zero-order valence-corrected chi connectivity index (χ0v) is 12.0. The third-order valence-electron chi connectivity index (χ3n) is 4.41. The summed E-state index contributed by atoms with van der Waals surface area (Å²) in [6.07, 6.45) is 3.58. The smallest absolute Gasteiger partial charge is 0.0610 e. The van der Waals surface area contributed by atoms with Crippen LogP contribution in [-0.2, 0) is 0 Å². The van der Waals surface area contributed by atoms with Gasteiger partial charge in [0.1, 0.15) is 0 Å². The van der Waals surface area contributed by atoms with Crippen LogP contribution in [-0.4, -0.2) is 48.8 Å². The van der Waals surface area contributed by atoms with Crippen molar-refractivity contribution in [1.29, 1.82) is 0 Å². The summed E-state index contributed by atoms with van der Waals surface area (Å²) in [4.78, 5) is 2.58. The maximum absolute atomic E-state index is 9.32. The second-order valence-corrected chi connectivity index (χ2v) is 6.17. The first-order valence-corrected chi connectivity index (χ1v) is 7.03. The number of hydrogen-bond acceptors (Lipinski definition) is 3. The Morgan fingerprint density at radius 3 is 2.65 bits per heavy atom. The molecule has 3 heteroatoms. The van der Waals surface area contributed by atoms with E-state index in [1.807, 2.05) is 7.05 Å². The van der Waals surface area contributed by atoms with E-state index in [9.17, 15) is 5.11 Å². The third-order valence-corrected chi connectivity index (χ3v) is 4.41. The van der Waals surface area contributed by atoms with Crippen molar-refractivity contribution in [2.75, 3.05) is 33.3 Å². The predicted molar refractivity (Wildman–Crippen MR) is 73.2 cm³/mol. The Labute approximate surface area is 107 Å². The van der Waals surface area contributed by atoms with Crippen LogP contribution in [0.2, 0.25) is 0 Å². The van der Waals surface area contributed by atoms with Crippen molar-refractivity contribution in [3.8, 4) is 0 Å². The van der Waals surface area contributed by atoms with Crippen LogP contribution in [0.15, 0.2) is 0 Å². The van der Waals surface area contributed by atoms with Gasteiger partial charge in [-0.25, -0.2) is 0 Å². The van der Waals surface area contributed by atoms with Crippen LogP contribution in [0.1, 0.15) is 40.0 Å². The van der Waals surface area contributed by atoms with Gasteiger partial charge >= 0.3 is 0 Å². The molecule has 0 aromatic rings. The summed E-state index contributed by atoms with van der Waals surface area (Å²) < 4.78 is 0. The molecule has 1 aliphatic rings. The molecular weight excluding hydrogens is 212 g/mol. The second-order valence-electron chi connectivity index (χ2n) is 6.17. The van der Waals surface area contributed by atoms with Crippen molar-refractivity contribution in [2.45, 2.75) is 45.6 Å². The number of nitrogens with one attached hydrogen (secondary N) is 1. The molecule has 3 nitrogen and oxygen atoms in total. The minimum Gasteiger partial charge on any atom is -0.394 e. The zero-order valence-electron chi connectivity index (χ0n) is 12.0. The largest absolute Gasteiger partial charge is 0.394 e. The molecule has 1 rings (SSSR count). The lowest BCUT2D eigenvalue weighted by Gasteiger charge is -2.28. The molecule has 1 saturated heterocycles. The van der Waals surface area contributed by atoms with E-state index >= 15 is 0 Å². The molecule has 2 atom stereocenters. The first-order chi connectivity index (χ1) is 8.00. The molecule has 0 aromatic carbocycles. The molecule has 0 radical (unpaired) electrons. The summed E-state index contributed by atoms with van der Waals surface area (Å²) >= 11 is 0. The van der Waals surface area contributed by atoms with Gasteiger partial charge in [0, 0.05) is 12.1 Å². The fourth-order valence-electron chi connectivity index (χ4n) is 2.59. The van der Waals surface area contributed by atoms with Crippen LogP contribution in [0.3, 0.4) is 0 Å². The number of nitrogens with zero attached hydrogens (tertiary/aromatic N) is 1. The van der Waals surface area contributed by atoms with Crippen LogP contribution in [0.4, 0.5) is 0 Å². The van der Waals surface area contributed by atoms with Gasteiger partial charge in [0.2, 0.25) is 0 Å². The predicted octanol–water partition coefficient (Wildman–Crippen LogP) is 1.71. The van der Waals surface area contributed by atoms with Crippen LogP contribution in [0.25, 0.3) is 0 Å². The Balaban J connectivity index is 2.20. The molecule has 1 aliphatic heterocycles. The summed E-state index contributed by atoms with van der Waals surface area (Å²) in [5.41, 5.74) is -0.100. The highest BCUT2D eigenvalue weighted by molar-refractivity contribution is 4.82. The Bertz CT molecular complexity index is 214. The molecule has 0 amide bonds. The van der Waals surface area contributed by atoms with Gasteiger partial charge in [-0.3, -0.25) is 0 Å². The molecule has 17 heavy (non-hydrogen) atoms. The second kappa shape index (κ2) is 6.72. The lowest BCUT2D eigenvalue weighted by atomic mass is 9.95. The van der Waals surface area contributed by atoms with Crippen molar-refractivity contribution in [1.82, 2.24) is 10.2 Å². The van der Waals surface area contributed by atoms with E-state index in [4.69, 9.17) is 0 Å². The van der Waals surface area contributed by atoms with Gasteiger partial charge < -0.3 is 15.3 Å². The molecule has 2 N–H and O–H groups in total. The van der Waals surface area contributed by atoms with E-state index in [0.29, 0.717) is 0 Å². The van der Waals surface area contributed by atoms with Gasteiger partial charge in [-0.1, -0.05) is 13.8 Å². The van der Waals surface area contributed by atoms with Crippen molar-refractivity contribution < 1.29 is 5.11 Å². The first-order valence-electron chi connectivity index (χ1n) is 7.03. The molecular formula is C14H30N2O. The molecule has 0 spiro atoms. The monoisotopic (exact) mass is 242 g/mol. The summed E-state index contributed by atoms with van der Waals surface area (Å²) in [5.74, 6) is 1.71. The van der Waals surface area contributed by atoms with Crippen molar-refractivity contribution >= 4 is 0 Å². The maximum Gasteiger partial charge on any atom is 0.0610 e. The molecule has 0 aromatic heterocycles. The number of likely N-dealkylation sites (N-methyl/N-ethyl adjacent to an activating group) is 1. The highest BCUT2D eigenvalue weighted by Crippen LogP contribution is 2.24. The van der Waals surface area contributed by atoms with Gasteiger partial charge in [-0.15, -0.1) is 0 Å². The number of aliphatic hydroxyl groups excluding tert-OH is 1. The summed E-state index contributed by atoms with van der Waals surface area (Å²) in [6.45, 7) is 10.7. The van der Waals surface area contributed by atoms with Gasteiger partial charge in [-0.2, -0.15) is 0 Å². The number of likely N-dealkylation sites (tertiary alicyclic amines) is 1. The van der Waals surface area contributed by atoms with Crippen molar-refractivity contribution in [3.05, 3.63) is 0 Å².